The fraction of sp³-hybridized carbons (Fsp3) is 0.231. The van der Waals surface area contributed by atoms with E-state index in [1.54, 1.807) is 18.2 Å². The molecule has 1 aromatic heterocycles. The van der Waals surface area contributed by atoms with Crippen molar-refractivity contribution in [2.45, 2.75) is 6.92 Å². The van der Waals surface area contributed by atoms with E-state index in [1.165, 1.54) is 13.3 Å². The highest BCUT2D eigenvalue weighted by Crippen LogP contribution is 2.17. The molecule has 0 aliphatic rings. The van der Waals surface area contributed by atoms with Gasteiger partial charge in [-0.1, -0.05) is 0 Å². The zero-order chi connectivity index (χ0) is 13.1. The van der Waals surface area contributed by atoms with Gasteiger partial charge in [0.1, 0.15) is 11.3 Å². The van der Waals surface area contributed by atoms with Gasteiger partial charge in [-0.25, -0.2) is 4.79 Å². The van der Waals surface area contributed by atoms with Crippen LogP contribution in [0, 0.1) is 0 Å². The molecule has 0 unspecified atom stereocenters. The number of hydrogen-bond acceptors (Lipinski definition) is 4. The van der Waals surface area contributed by atoms with Crippen LogP contribution >= 0.6 is 0 Å². The smallest absolute Gasteiger partial charge is 0.343 e. The third kappa shape index (κ3) is 2.07. The van der Waals surface area contributed by atoms with E-state index in [2.05, 4.69) is 9.72 Å². The van der Waals surface area contributed by atoms with Crippen molar-refractivity contribution in [2.24, 2.45) is 0 Å². The van der Waals surface area contributed by atoms with Crippen molar-refractivity contribution < 1.29 is 14.3 Å². The molecule has 0 saturated carbocycles. The summed E-state index contributed by atoms with van der Waals surface area (Å²) in [6.07, 6.45) is 1.36. The van der Waals surface area contributed by atoms with Crippen LogP contribution in [0.4, 0.5) is 0 Å². The number of pyridine rings is 1. The molecule has 0 radical (unpaired) electrons. The van der Waals surface area contributed by atoms with Gasteiger partial charge >= 0.3 is 5.97 Å². The molecule has 0 amide bonds. The van der Waals surface area contributed by atoms with Gasteiger partial charge < -0.3 is 14.5 Å². The highest BCUT2D eigenvalue weighted by atomic mass is 16.5. The molecule has 0 aliphatic carbocycles. The number of methoxy groups -OCH3 is 1. The Morgan fingerprint density at radius 1 is 1.39 bits per heavy atom. The van der Waals surface area contributed by atoms with Gasteiger partial charge in [-0.2, -0.15) is 0 Å². The Labute approximate surface area is 103 Å². The van der Waals surface area contributed by atoms with E-state index in [0.29, 0.717) is 23.3 Å². The molecule has 0 spiro atoms. The van der Waals surface area contributed by atoms with Gasteiger partial charge in [0.15, 0.2) is 0 Å². The number of aromatic amines is 1. The molecule has 0 atom stereocenters. The van der Waals surface area contributed by atoms with Crippen molar-refractivity contribution in [3.8, 4) is 5.75 Å². The van der Waals surface area contributed by atoms with Gasteiger partial charge in [-0.3, -0.25) is 4.79 Å². The molecular formula is C13H13NO4. The summed E-state index contributed by atoms with van der Waals surface area (Å²) in [6.45, 7) is 2.37. The summed E-state index contributed by atoms with van der Waals surface area (Å²) < 4.78 is 9.88. The number of hydrogen-bond donors (Lipinski definition) is 1. The number of aromatic nitrogens is 1. The third-order valence-corrected chi connectivity index (χ3v) is 2.57. The number of esters is 1. The minimum Gasteiger partial charge on any atom is -0.494 e. The molecule has 94 valence electrons. The van der Waals surface area contributed by atoms with Crippen molar-refractivity contribution >= 4 is 16.9 Å². The largest absolute Gasteiger partial charge is 0.494 e. The maximum atomic E-state index is 12.1. The SMILES string of the molecule is CCOc1ccc2[nH]cc(C(=O)OC)c(=O)c2c1. The van der Waals surface area contributed by atoms with Crippen LogP contribution in [0.2, 0.25) is 0 Å². The molecule has 0 bridgehead atoms. The molecule has 0 aliphatic heterocycles. The first-order valence-electron chi connectivity index (χ1n) is 5.54. The molecule has 18 heavy (non-hydrogen) atoms. The van der Waals surface area contributed by atoms with Crippen LogP contribution in [0.5, 0.6) is 5.75 Å². The molecule has 1 N–H and O–H groups in total. The first-order valence-corrected chi connectivity index (χ1v) is 5.54. The number of nitrogens with one attached hydrogen (secondary N) is 1. The topological polar surface area (TPSA) is 68.4 Å². The summed E-state index contributed by atoms with van der Waals surface area (Å²) in [6, 6.07) is 5.12. The summed E-state index contributed by atoms with van der Waals surface area (Å²) in [5.74, 6) is -0.0579. The summed E-state index contributed by atoms with van der Waals surface area (Å²) in [5.41, 5.74) is 0.270. The zero-order valence-corrected chi connectivity index (χ0v) is 10.1. The standard InChI is InChI=1S/C13H13NO4/c1-3-18-8-4-5-11-9(6-8)12(15)10(7-14-11)13(16)17-2/h4-7H,3H2,1-2H3,(H,14,15). The highest BCUT2D eigenvalue weighted by molar-refractivity contribution is 5.93. The second-order valence-corrected chi connectivity index (χ2v) is 3.66. The van der Waals surface area contributed by atoms with E-state index in [0.717, 1.165) is 0 Å². The van der Waals surface area contributed by atoms with Crippen molar-refractivity contribution in [1.82, 2.24) is 4.98 Å². The predicted molar refractivity (Wildman–Crippen MR) is 67.1 cm³/mol. The van der Waals surface area contributed by atoms with E-state index in [1.807, 2.05) is 6.92 Å². The van der Waals surface area contributed by atoms with E-state index in [9.17, 15) is 9.59 Å². The summed E-state index contributed by atoms with van der Waals surface area (Å²) >= 11 is 0. The van der Waals surface area contributed by atoms with Gasteiger partial charge in [0, 0.05) is 11.7 Å². The lowest BCUT2D eigenvalue weighted by atomic mass is 10.1. The number of H-pyrrole nitrogens is 1. The van der Waals surface area contributed by atoms with Gasteiger partial charge in [-0.15, -0.1) is 0 Å². The number of fused-ring (bicyclic) bond motifs is 1. The summed E-state index contributed by atoms with van der Waals surface area (Å²) in [5, 5.41) is 0.406. The normalized spacial score (nSPS) is 10.3. The Kier molecular flexibility index (Phi) is 3.32. The minimum absolute atomic E-state index is 0.0151. The van der Waals surface area contributed by atoms with E-state index >= 15 is 0 Å². The molecule has 5 heteroatoms. The lowest BCUT2D eigenvalue weighted by Gasteiger charge is -2.05. The zero-order valence-electron chi connectivity index (χ0n) is 10.1. The maximum Gasteiger partial charge on any atom is 0.343 e. The third-order valence-electron chi connectivity index (χ3n) is 2.57. The van der Waals surface area contributed by atoms with Crippen molar-refractivity contribution in [2.75, 3.05) is 13.7 Å². The molecule has 0 fully saturated rings. The Balaban J connectivity index is 2.64. The molecular weight excluding hydrogens is 234 g/mol. The minimum atomic E-state index is -0.653. The molecule has 1 aromatic carbocycles. The van der Waals surface area contributed by atoms with Gasteiger partial charge in [0.25, 0.3) is 0 Å². The molecule has 1 heterocycles. The number of carbonyl (C=O) groups is 1. The van der Waals surface area contributed by atoms with Crippen LogP contribution in [0.25, 0.3) is 10.9 Å². The van der Waals surface area contributed by atoms with Crippen molar-refractivity contribution in [3.63, 3.8) is 0 Å². The quantitative estimate of drug-likeness (QED) is 0.838. The van der Waals surface area contributed by atoms with Gasteiger partial charge in [-0.05, 0) is 25.1 Å². The van der Waals surface area contributed by atoms with Crippen molar-refractivity contribution in [1.29, 1.82) is 0 Å². The average molecular weight is 247 g/mol. The Bertz CT molecular complexity index is 645. The molecule has 0 saturated heterocycles. The molecule has 2 rings (SSSR count). The second-order valence-electron chi connectivity index (χ2n) is 3.66. The Morgan fingerprint density at radius 2 is 2.17 bits per heavy atom. The van der Waals surface area contributed by atoms with Gasteiger partial charge in [0.05, 0.1) is 19.1 Å². The summed E-state index contributed by atoms with van der Waals surface area (Å²) in [4.78, 5) is 26.4. The number of carbonyl (C=O) groups excluding carboxylic acids is 1. The predicted octanol–water partition coefficient (Wildman–Crippen LogP) is 1.71. The van der Waals surface area contributed by atoms with Crippen molar-refractivity contribution in [3.05, 3.63) is 40.2 Å². The fourth-order valence-electron chi connectivity index (χ4n) is 1.72. The lowest BCUT2D eigenvalue weighted by molar-refractivity contribution is 0.0599. The number of rotatable bonds is 3. The van der Waals surface area contributed by atoms with E-state index in [4.69, 9.17) is 4.74 Å². The number of ether oxygens (including phenoxy) is 2. The lowest BCUT2D eigenvalue weighted by Crippen LogP contribution is -2.17. The Hall–Kier alpha value is -2.30. The summed E-state index contributed by atoms with van der Waals surface area (Å²) in [7, 11) is 1.24. The maximum absolute atomic E-state index is 12.1. The number of benzene rings is 1. The van der Waals surface area contributed by atoms with E-state index < -0.39 is 5.97 Å². The van der Waals surface area contributed by atoms with Crippen LogP contribution in [-0.2, 0) is 4.74 Å². The van der Waals surface area contributed by atoms with E-state index in [-0.39, 0.29) is 11.0 Å². The fourth-order valence-corrected chi connectivity index (χ4v) is 1.72. The second kappa shape index (κ2) is 4.91. The van der Waals surface area contributed by atoms with Gasteiger partial charge in [0.2, 0.25) is 5.43 Å². The average Bonchev–Trinajstić information content (AvgIpc) is 2.39. The first kappa shape index (κ1) is 12.2. The van der Waals surface area contributed by atoms with Crippen LogP contribution in [-0.4, -0.2) is 24.7 Å². The molecule has 2 aromatic rings. The van der Waals surface area contributed by atoms with Crippen LogP contribution in [0.1, 0.15) is 17.3 Å². The first-order chi connectivity index (χ1) is 8.67. The molecule has 5 nitrogen and oxygen atoms in total. The Morgan fingerprint density at radius 3 is 2.83 bits per heavy atom. The highest BCUT2D eigenvalue weighted by Gasteiger charge is 2.13. The van der Waals surface area contributed by atoms with Crippen LogP contribution < -0.4 is 10.2 Å². The van der Waals surface area contributed by atoms with Crippen LogP contribution in [0.15, 0.2) is 29.2 Å². The van der Waals surface area contributed by atoms with Crippen LogP contribution in [0.3, 0.4) is 0 Å². The monoisotopic (exact) mass is 247 g/mol.